The second kappa shape index (κ2) is 9.71. The zero-order chi connectivity index (χ0) is 29.2. The van der Waals surface area contributed by atoms with Gasteiger partial charge in [0.25, 0.3) is 11.6 Å². The number of aliphatic hydroxyl groups excluding tert-OH is 1. The fraction of sp³-hybridized carbons (Fsp3) is 0.633. The molecule has 0 saturated heterocycles. The van der Waals surface area contributed by atoms with Gasteiger partial charge in [0.05, 0.1) is 22.2 Å². The van der Waals surface area contributed by atoms with Crippen LogP contribution in [0.25, 0.3) is 0 Å². The molecule has 1 heterocycles. The molecular formula is C30H37N3O8. The van der Waals surface area contributed by atoms with E-state index < -0.39 is 39.0 Å². The Morgan fingerprint density at radius 2 is 1.88 bits per heavy atom. The smallest absolute Gasteiger partial charge is 0.331 e. The predicted molar refractivity (Wildman–Crippen MR) is 147 cm³/mol. The number of aliphatic hydroxyl groups is 3. The van der Waals surface area contributed by atoms with E-state index in [1.807, 2.05) is 0 Å². The van der Waals surface area contributed by atoms with Gasteiger partial charge in [0.15, 0.2) is 0 Å². The molecule has 5 aliphatic rings. The molecular weight excluding hydrogens is 530 g/mol. The highest BCUT2D eigenvalue weighted by molar-refractivity contribution is 5.98. The molecule has 1 amide bonds. The highest BCUT2D eigenvalue weighted by Crippen LogP contribution is 2.70. The van der Waals surface area contributed by atoms with Crippen molar-refractivity contribution in [3.05, 3.63) is 51.6 Å². The molecule has 0 bridgehead atoms. The van der Waals surface area contributed by atoms with Crippen molar-refractivity contribution < 1.29 is 34.6 Å². The number of hydrogen-bond donors (Lipinski definition) is 4. The summed E-state index contributed by atoms with van der Waals surface area (Å²) in [6, 6.07) is 5.63. The van der Waals surface area contributed by atoms with E-state index in [4.69, 9.17) is 4.74 Å². The van der Waals surface area contributed by atoms with E-state index in [-0.39, 0.29) is 48.0 Å². The highest BCUT2D eigenvalue weighted by Gasteiger charge is 2.71. The van der Waals surface area contributed by atoms with Crippen LogP contribution in [0.1, 0.15) is 75.1 Å². The van der Waals surface area contributed by atoms with Crippen LogP contribution in [-0.2, 0) is 9.53 Å². The Hall–Kier alpha value is -3.15. The number of nitro groups is 1. The first kappa shape index (κ1) is 28.0. The summed E-state index contributed by atoms with van der Waals surface area (Å²) in [7, 11) is 0. The van der Waals surface area contributed by atoms with E-state index >= 15 is 0 Å². The number of carbonyl (C=O) groups excluding carboxylic acids is 2. The number of rotatable bonds is 5. The molecule has 4 fully saturated rings. The first-order chi connectivity index (χ1) is 19.4. The number of fused-ring (bicyclic) bond motifs is 5. The van der Waals surface area contributed by atoms with Crippen molar-refractivity contribution in [3.63, 3.8) is 0 Å². The monoisotopic (exact) mass is 567 g/mol. The average molecular weight is 568 g/mol. The molecule has 11 heteroatoms. The lowest BCUT2D eigenvalue weighted by Crippen LogP contribution is -2.68. The maximum Gasteiger partial charge on any atom is 0.331 e. The zero-order valence-electron chi connectivity index (χ0n) is 23.1. The summed E-state index contributed by atoms with van der Waals surface area (Å²) in [5, 5.41) is 50.8. The molecule has 1 aromatic carbocycles. The molecule has 0 radical (unpaired) electrons. The first-order valence-electron chi connectivity index (χ1n) is 14.5. The van der Waals surface area contributed by atoms with E-state index in [1.165, 1.54) is 24.3 Å². The third-order valence-corrected chi connectivity index (χ3v) is 11.4. The number of nitrogens with one attached hydrogen (secondary N) is 1. The molecule has 4 saturated carbocycles. The van der Waals surface area contributed by atoms with Gasteiger partial charge in [-0.25, -0.2) is 10.2 Å². The van der Waals surface area contributed by atoms with Gasteiger partial charge in [-0.3, -0.25) is 14.9 Å². The molecule has 4 aliphatic carbocycles. The summed E-state index contributed by atoms with van der Waals surface area (Å²) in [5.41, 5.74) is -0.754. The second-order valence-electron chi connectivity index (χ2n) is 13.0. The quantitative estimate of drug-likeness (QED) is 0.182. The van der Waals surface area contributed by atoms with Crippen LogP contribution in [0.2, 0.25) is 0 Å². The number of para-hydroxylation sites is 1. The van der Waals surface area contributed by atoms with Crippen LogP contribution in [0.4, 0.5) is 5.69 Å². The lowest BCUT2D eigenvalue weighted by atomic mass is 9.41. The average Bonchev–Trinajstić information content (AvgIpc) is 3.48. The second-order valence-corrected chi connectivity index (χ2v) is 13.0. The zero-order valence-corrected chi connectivity index (χ0v) is 23.1. The SMILES string of the molecule is CC12CC[C@H]3[C@@H](CCC4(O)C[C@H](O)CCC34C=NNC(=O)c3ccccc3[N+](=O)[O-])C1(O)CCC2C1=CC(=O)OC1. The number of cyclic esters (lactones) is 1. The lowest BCUT2D eigenvalue weighted by Gasteiger charge is -2.65. The summed E-state index contributed by atoms with van der Waals surface area (Å²) in [4.78, 5) is 35.5. The Bertz CT molecular complexity index is 1350. The number of amides is 1. The van der Waals surface area contributed by atoms with Crippen LogP contribution < -0.4 is 5.43 Å². The summed E-state index contributed by atoms with van der Waals surface area (Å²) < 4.78 is 5.21. The minimum atomic E-state index is -1.28. The van der Waals surface area contributed by atoms with E-state index in [0.29, 0.717) is 44.9 Å². The summed E-state index contributed by atoms with van der Waals surface area (Å²) in [6.45, 7) is 2.38. The predicted octanol–water partition coefficient (Wildman–Crippen LogP) is 3.02. The standard InChI is InChI=1S/C30H37N3O8/c1-27-10-7-22-23(30(27,38)13-9-21(27)18-14-25(35)41-16-18)8-12-29(37)15-19(34)6-11-28(22,29)17-31-32-26(36)20-4-2-3-5-24(20)33(39)40/h2-5,14,17,19,21-23,34,37-38H,6-13,15-16H2,1H3,(H,32,36)/t19-,21?,22+,23-,27?,28?,29?,30?/m1/s1. The van der Waals surface area contributed by atoms with Gasteiger partial charge < -0.3 is 20.1 Å². The topological polar surface area (TPSA) is 172 Å². The van der Waals surface area contributed by atoms with E-state index in [1.54, 1.807) is 12.3 Å². The van der Waals surface area contributed by atoms with Crippen molar-refractivity contribution in [2.45, 2.75) is 82.0 Å². The number of nitro benzene ring substituents is 1. The van der Waals surface area contributed by atoms with Gasteiger partial charge in [-0.05, 0) is 80.8 Å². The molecule has 8 atom stereocenters. The van der Waals surface area contributed by atoms with Gasteiger partial charge in [-0.15, -0.1) is 0 Å². The van der Waals surface area contributed by atoms with Gasteiger partial charge in [-0.1, -0.05) is 19.1 Å². The molecule has 11 nitrogen and oxygen atoms in total. The maximum atomic E-state index is 12.9. The Labute approximate surface area is 237 Å². The number of ether oxygens (including phenoxy) is 1. The van der Waals surface area contributed by atoms with Crippen molar-refractivity contribution >= 4 is 23.8 Å². The van der Waals surface area contributed by atoms with Crippen molar-refractivity contribution in [2.24, 2.45) is 33.7 Å². The minimum Gasteiger partial charge on any atom is -0.458 e. The maximum absolute atomic E-state index is 12.9. The first-order valence-corrected chi connectivity index (χ1v) is 14.5. The molecule has 0 spiro atoms. The molecule has 0 aromatic heterocycles. The van der Waals surface area contributed by atoms with Gasteiger partial charge in [-0.2, -0.15) is 5.10 Å². The van der Waals surface area contributed by atoms with Crippen LogP contribution in [-0.4, -0.2) is 62.2 Å². The van der Waals surface area contributed by atoms with Gasteiger partial charge in [0.2, 0.25) is 0 Å². The Morgan fingerprint density at radius 1 is 1.12 bits per heavy atom. The summed E-state index contributed by atoms with van der Waals surface area (Å²) in [6.07, 6.45) is 7.18. The van der Waals surface area contributed by atoms with Crippen molar-refractivity contribution in [1.82, 2.24) is 5.43 Å². The van der Waals surface area contributed by atoms with Gasteiger partial charge >= 0.3 is 5.97 Å². The largest absolute Gasteiger partial charge is 0.458 e. The normalized spacial score (nSPS) is 41.7. The van der Waals surface area contributed by atoms with E-state index in [2.05, 4.69) is 17.5 Å². The number of nitrogens with zero attached hydrogens (tertiary/aromatic N) is 2. The van der Waals surface area contributed by atoms with Crippen LogP contribution in [0.3, 0.4) is 0 Å². The number of benzene rings is 1. The van der Waals surface area contributed by atoms with Crippen LogP contribution in [0.15, 0.2) is 41.0 Å². The third kappa shape index (κ3) is 4.07. The Balaban J connectivity index is 1.32. The Morgan fingerprint density at radius 3 is 2.61 bits per heavy atom. The lowest BCUT2D eigenvalue weighted by molar-refractivity contribution is -0.385. The molecule has 41 heavy (non-hydrogen) atoms. The molecule has 220 valence electrons. The van der Waals surface area contributed by atoms with Crippen LogP contribution >= 0.6 is 0 Å². The fourth-order valence-corrected chi connectivity index (χ4v) is 9.45. The van der Waals surface area contributed by atoms with Crippen LogP contribution in [0, 0.1) is 38.7 Å². The summed E-state index contributed by atoms with van der Waals surface area (Å²) >= 11 is 0. The molecule has 5 unspecified atom stereocenters. The number of hydrogen-bond acceptors (Lipinski definition) is 9. The van der Waals surface area contributed by atoms with Gasteiger partial charge in [0.1, 0.15) is 12.2 Å². The molecule has 4 N–H and O–H groups in total. The third-order valence-electron chi connectivity index (χ3n) is 11.4. The number of hydrazone groups is 1. The fourth-order valence-electron chi connectivity index (χ4n) is 9.45. The van der Waals surface area contributed by atoms with Crippen molar-refractivity contribution in [2.75, 3.05) is 6.61 Å². The molecule has 1 aromatic rings. The van der Waals surface area contributed by atoms with Crippen LogP contribution in [0.5, 0.6) is 0 Å². The van der Waals surface area contributed by atoms with E-state index in [9.17, 15) is 35.0 Å². The number of carbonyl (C=O) groups is 2. The van der Waals surface area contributed by atoms with E-state index in [0.717, 1.165) is 12.0 Å². The molecule has 1 aliphatic heterocycles. The van der Waals surface area contributed by atoms with Crippen molar-refractivity contribution in [3.8, 4) is 0 Å². The number of esters is 1. The van der Waals surface area contributed by atoms with Crippen molar-refractivity contribution in [1.29, 1.82) is 0 Å². The molecule has 6 rings (SSSR count). The summed E-state index contributed by atoms with van der Waals surface area (Å²) in [5.74, 6) is -1.36. The van der Waals surface area contributed by atoms with Gasteiger partial charge in [0, 0.05) is 35.6 Å². The Kier molecular flexibility index (Phi) is 6.63. The minimum absolute atomic E-state index is 0.0273. The highest BCUT2D eigenvalue weighted by atomic mass is 16.6.